The molecule has 4 nitrogen and oxygen atoms in total. The molecule has 1 aromatic carbocycles. The maximum Gasteiger partial charge on any atom is 0.204 e. The van der Waals surface area contributed by atoms with E-state index in [9.17, 15) is 4.79 Å². The lowest BCUT2D eigenvalue weighted by molar-refractivity contribution is 0.637. The first kappa shape index (κ1) is 14.8. The lowest BCUT2D eigenvalue weighted by Crippen LogP contribution is -2.25. The largest absolute Gasteiger partial charge is 0.311 e. The van der Waals surface area contributed by atoms with Crippen LogP contribution in [0.4, 0.5) is 0 Å². The minimum Gasteiger partial charge on any atom is -0.311 e. The van der Waals surface area contributed by atoms with E-state index in [2.05, 4.69) is 17.3 Å². The third-order valence-corrected chi connectivity index (χ3v) is 3.30. The van der Waals surface area contributed by atoms with E-state index in [1.165, 1.54) is 0 Å². The van der Waals surface area contributed by atoms with Gasteiger partial charge in [-0.25, -0.2) is 4.68 Å². The van der Waals surface area contributed by atoms with Crippen molar-refractivity contribution in [2.75, 3.05) is 6.54 Å². The van der Waals surface area contributed by atoms with Crippen LogP contribution < -0.4 is 10.7 Å². The van der Waals surface area contributed by atoms with Crippen molar-refractivity contribution in [1.82, 2.24) is 15.1 Å². The molecule has 2 rings (SSSR count). The molecule has 0 bridgehead atoms. The molecule has 1 N–H and O–H groups in total. The van der Waals surface area contributed by atoms with Gasteiger partial charge in [-0.1, -0.05) is 30.7 Å². The van der Waals surface area contributed by atoms with E-state index in [4.69, 9.17) is 11.6 Å². The fraction of sp³-hybridized carbons (Fsp3) is 0.333. The summed E-state index contributed by atoms with van der Waals surface area (Å²) in [5, 5.41) is 8.24. The third-order valence-electron chi connectivity index (χ3n) is 2.98. The molecule has 1 aromatic heterocycles. The smallest absolute Gasteiger partial charge is 0.204 e. The molecule has 106 valence electrons. The number of hydrogen-bond acceptors (Lipinski definition) is 3. The number of nitrogens with one attached hydrogen (secondary N) is 1. The van der Waals surface area contributed by atoms with Crippen LogP contribution >= 0.6 is 11.6 Å². The van der Waals surface area contributed by atoms with Crippen LogP contribution in [0.2, 0.25) is 5.02 Å². The number of nitrogens with zero attached hydrogens (tertiary/aromatic N) is 2. The molecule has 0 saturated heterocycles. The highest BCUT2D eigenvalue weighted by Gasteiger charge is 2.09. The second kappa shape index (κ2) is 6.68. The molecule has 0 atom stereocenters. The average molecular weight is 292 g/mol. The Labute approximate surface area is 123 Å². The minimum atomic E-state index is -0.0468. The molecule has 0 amide bonds. The summed E-state index contributed by atoms with van der Waals surface area (Å²) in [5.41, 5.74) is 2.00. The molecule has 20 heavy (non-hydrogen) atoms. The summed E-state index contributed by atoms with van der Waals surface area (Å²) in [4.78, 5) is 12.0. The second-order valence-electron chi connectivity index (χ2n) is 4.64. The van der Waals surface area contributed by atoms with E-state index in [-0.39, 0.29) is 5.43 Å². The van der Waals surface area contributed by atoms with Crippen molar-refractivity contribution in [3.8, 4) is 5.69 Å². The summed E-state index contributed by atoms with van der Waals surface area (Å²) >= 11 is 6.20. The standard InChI is InChI=1S/C15H18ClN3O/c1-3-8-17-10-13-15(20)9-11(2)19(18-13)14-7-5-4-6-12(14)16/h4-7,9,17H,3,8,10H2,1-2H3. The topological polar surface area (TPSA) is 46.9 Å². The summed E-state index contributed by atoms with van der Waals surface area (Å²) in [6, 6.07) is 9.06. The van der Waals surface area contributed by atoms with Gasteiger partial charge in [0.2, 0.25) is 5.43 Å². The van der Waals surface area contributed by atoms with E-state index < -0.39 is 0 Å². The van der Waals surface area contributed by atoms with Gasteiger partial charge in [0.25, 0.3) is 0 Å². The molecular formula is C15H18ClN3O. The fourth-order valence-corrected chi connectivity index (χ4v) is 2.17. The van der Waals surface area contributed by atoms with Crippen LogP contribution in [0, 0.1) is 6.92 Å². The van der Waals surface area contributed by atoms with E-state index in [0.29, 0.717) is 17.3 Å². The zero-order chi connectivity index (χ0) is 14.5. The molecule has 0 unspecified atom stereocenters. The van der Waals surface area contributed by atoms with Crippen molar-refractivity contribution < 1.29 is 0 Å². The Morgan fingerprint density at radius 2 is 2.10 bits per heavy atom. The first-order valence-corrected chi connectivity index (χ1v) is 7.06. The van der Waals surface area contributed by atoms with Crippen LogP contribution in [-0.4, -0.2) is 16.3 Å². The molecule has 0 saturated carbocycles. The van der Waals surface area contributed by atoms with E-state index in [1.807, 2.05) is 31.2 Å². The van der Waals surface area contributed by atoms with Crippen molar-refractivity contribution in [2.24, 2.45) is 0 Å². The Hall–Kier alpha value is -1.65. The molecule has 0 aliphatic carbocycles. The van der Waals surface area contributed by atoms with Gasteiger partial charge < -0.3 is 5.32 Å². The molecule has 0 spiro atoms. The van der Waals surface area contributed by atoms with Gasteiger partial charge >= 0.3 is 0 Å². The quantitative estimate of drug-likeness (QED) is 0.862. The first-order valence-electron chi connectivity index (χ1n) is 6.69. The molecule has 0 radical (unpaired) electrons. The maximum absolute atomic E-state index is 12.0. The van der Waals surface area contributed by atoms with Crippen LogP contribution in [0.5, 0.6) is 0 Å². The fourth-order valence-electron chi connectivity index (χ4n) is 1.96. The lowest BCUT2D eigenvalue weighted by atomic mass is 10.2. The van der Waals surface area contributed by atoms with Crippen molar-refractivity contribution in [3.05, 3.63) is 57.0 Å². The molecule has 2 aromatic rings. The predicted octanol–water partition coefficient (Wildman–Crippen LogP) is 2.69. The summed E-state index contributed by atoms with van der Waals surface area (Å²) in [6.45, 7) is 5.26. The van der Waals surface area contributed by atoms with E-state index >= 15 is 0 Å². The Morgan fingerprint density at radius 3 is 2.80 bits per heavy atom. The predicted molar refractivity (Wildman–Crippen MR) is 81.6 cm³/mol. The molecular weight excluding hydrogens is 274 g/mol. The van der Waals surface area contributed by atoms with Crippen LogP contribution in [0.15, 0.2) is 35.1 Å². The minimum absolute atomic E-state index is 0.0468. The van der Waals surface area contributed by atoms with Crippen molar-refractivity contribution in [1.29, 1.82) is 0 Å². The first-order chi connectivity index (χ1) is 9.63. The number of benzene rings is 1. The summed E-state index contributed by atoms with van der Waals surface area (Å²) in [6.07, 6.45) is 1.02. The Balaban J connectivity index is 2.41. The van der Waals surface area contributed by atoms with E-state index in [1.54, 1.807) is 10.7 Å². The summed E-state index contributed by atoms with van der Waals surface area (Å²) in [7, 11) is 0. The number of para-hydroxylation sites is 1. The molecule has 0 fully saturated rings. The van der Waals surface area contributed by atoms with Gasteiger partial charge in [0.1, 0.15) is 5.69 Å². The van der Waals surface area contributed by atoms with Crippen LogP contribution in [0.25, 0.3) is 5.69 Å². The van der Waals surface area contributed by atoms with Gasteiger partial charge in [0, 0.05) is 18.3 Å². The van der Waals surface area contributed by atoms with Gasteiger partial charge in [0.15, 0.2) is 0 Å². The molecule has 5 heteroatoms. The zero-order valence-corrected chi connectivity index (χ0v) is 12.4. The number of aromatic nitrogens is 2. The van der Waals surface area contributed by atoms with Crippen LogP contribution in [0.3, 0.4) is 0 Å². The Morgan fingerprint density at radius 1 is 1.35 bits per heavy atom. The molecule has 0 aliphatic rings. The highest BCUT2D eigenvalue weighted by atomic mass is 35.5. The van der Waals surface area contributed by atoms with Crippen molar-refractivity contribution in [2.45, 2.75) is 26.8 Å². The maximum atomic E-state index is 12.0. The number of hydrogen-bond donors (Lipinski definition) is 1. The summed E-state index contributed by atoms with van der Waals surface area (Å²) in [5.74, 6) is 0. The highest BCUT2D eigenvalue weighted by molar-refractivity contribution is 6.32. The van der Waals surface area contributed by atoms with Crippen LogP contribution in [-0.2, 0) is 6.54 Å². The van der Waals surface area contributed by atoms with Gasteiger partial charge in [-0.3, -0.25) is 4.79 Å². The monoisotopic (exact) mass is 291 g/mol. The lowest BCUT2D eigenvalue weighted by Gasteiger charge is -2.12. The van der Waals surface area contributed by atoms with Crippen molar-refractivity contribution >= 4 is 11.6 Å². The van der Waals surface area contributed by atoms with Gasteiger partial charge in [-0.05, 0) is 32.0 Å². The molecule has 1 heterocycles. The number of halogens is 1. The van der Waals surface area contributed by atoms with Crippen LogP contribution in [0.1, 0.15) is 24.7 Å². The normalized spacial score (nSPS) is 10.8. The number of aryl methyl sites for hydroxylation is 1. The second-order valence-corrected chi connectivity index (χ2v) is 5.04. The Bertz CT molecular complexity index is 652. The van der Waals surface area contributed by atoms with Gasteiger partial charge in [-0.15, -0.1) is 0 Å². The zero-order valence-electron chi connectivity index (χ0n) is 11.7. The third kappa shape index (κ3) is 3.26. The van der Waals surface area contributed by atoms with E-state index in [0.717, 1.165) is 24.3 Å². The van der Waals surface area contributed by atoms with Gasteiger partial charge in [-0.2, -0.15) is 5.10 Å². The summed E-state index contributed by atoms with van der Waals surface area (Å²) < 4.78 is 1.71. The molecule has 0 aliphatic heterocycles. The Kier molecular flexibility index (Phi) is 4.93. The van der Waals surface area contributed by atoms with Crippen molar-refractivity contribution in [3.63, 3.8) is 0 Å². The average Bonchev–Trinajstić information content (AvgIpc) is 2.42. The highest BCUT2D eigenvalue weighted by Crippen LogP contribution is 2.19. The number of rotatable bonds is 5. The van der Waals surface area contributed by atoms with Gasteiger partial charge in [0.05, 0.1) is 10.7 Å². The SMILES string of the molecule is CCCNCc1nn(-c2ccccc2Cl)c(C)cc1=O.